The van der Waals surface area contributed by atoms with Gasteiger partial charge in [-0.2, -0.15) is 0 Å². The number of hydrogen-bond donors (Lipinski definition) is 1. The highest BCUT2D eigenvalue weighted by molar-refractivity contribution is 5.86. The maximum absolute atomic E-state index is 11.8. The van der Waals surface area contributed by atoms with E-state index in [1.165, 1.54) is 11.1 Å². The van der Waals surface area contributed by atoms with Gasteiger partial charge in [0.05, 0.1) is 0 Å². The Morgan fingerprint density at radius 3 is 3.00 bits per heavy atom. The van der Waals surface area contributed by atoms with Gasteiger partial charge in [-0.1, -0.05) is 17.7 Å². The third-order valence-corrected chi connectivity index (χ3v) is 3.13. The van der Waals surface area contributed by atoms with Gasteiger partial charge < -0.3 is 10.2 Å². The molecule has 2 heterocycles. The zero-order valence-electron chi connectivity index (χ0n) is 9.32. The summed E-state index contributed by atoms with van der Waals surface area (Å²) in [5.74, 6) is 0.336. The van der Waals surface area contributed by atoms with Gasteiger partial charge in [-0.3, -0.25) is 4.79 Å². The number of likely N-dealkylation sites (N-methyl/N-ethyl adjacent to an activating group) is 1. The molecular weight excluding hydrogens is 188 g/mol. The molecule has 3 heteroatoms. The van der Waals surface area contributed by atoms with Crippen LogP contribution in [0, 0.1) is 5.92 Å². The van der Waals surface area contributed by atoms with Gasteiger partial charge >= 0.3 is 0 Å². The lowest BCUT2D eigenvalue weighted by Gasteiger charge is -2.31. The largest absolute Gasteiger partial charge is 0.379 e. The molecule has 1 N–H and O–H groups in total. The van der Waals surface area contributed by atoms with Crippen molar-refractivity contribution >= 4 is 5.91 Å². The van der Waals surface area contributed by atoms with E-state index in [0.717, 1.165) is 0 Å². The molecule has 0 saturated carbocycles. The highest BCUT2D eigenvalue weighted by Gasteiger charge is 2.37. The summed E-state index contributed by atoms with van der Waals surface area (Å²) < 4.78 is 0. The maximum atomic E-state index is 11.8. The summed E-state index contributed by atoms with van der Waals surface area (Å²) in [6, 6.07) is -0.107. The normalized spacial score (nSPS) is 30.1. The van der Waals surface area contributed by atoms with E-state index in [-0.39, 0.29) is 17.9 Å². The van der Waals surface area contributed by atoms with Crippen LogP contribution in [-0.4, -0.2) is 23.9 Å². The molecule has 1 amide bonds. The first kappa shape index (κ1) is 10.0. The Morgan fingerprint density at radius 1 is 1.60 bits per heavy atom. The van der Waals surface area contributed by atoms with Crippen molar-refractivity contribution in [3.8, 4) is 0 Å². The molecule has 2 unspecified atom stereocenters. The van der Waals surface area contributed by atoms with Gasteiger partial charge in [-0.05, 0) is 25.6 Å². The van der Waals surface area contributed by atoms with Crippen LogP contribution in [0.3, 0.4) is 0 Å². The SMILES string of the molecule is C/C=C(\C)C1=CN(C)C(=O)C2NC=CC12. The van der Waals surface area contributed by atoms with E-state index in [0.29, 0.717) is 0 Å². The molecule has 0 aliphatic carbocycles. The predicted octanol–water partition coefficient (Wildman–Crippen LogP) is 1.41. The van der Waals surface area contributed by atoms with Gasteiger partial charge in [0, 0.05) is 19.2 Å². The second-order valence-corrected chi connectivity index (χ2v) is 4.03. The summed E-state index contributed by atoms with van der Waals surface area (Å²) in [5.41, 5.74) is 2.46. The van der Waals surface area contributed by atoms with E-state index in [1.54, 1.807) is 4.90 Å². The van der Waals surface area contributed by atoms with Crippen molar-refractivity contribution in [1.82, 2.24) is 10.2 Å². The minimum absolute atomic E-state index is 0.107. The van der Waals surface area contributed by atoms with Gasteiger partial charge in [-0.25, -0.2) is 0 Å². The van der Waals surface area contributed by atoms with Crippen LogP contribution < -0.4 is 5.32 Å². The molecule has 0 aromatic rings. The van der Waals surface area contributed by atoms with Gasteiger partial charge in [-0.15, -0.1) is 0 Å². The van der Waals surface area contributed by atoms with E-state index in [9.17, 15) is 4.79 Å². The molecule has 2 aliphatic rings. The predicted molar refractivity (Wildman–Crippen MR) is 59.8 cm³/mol. The number of amides is 1. The van der Waals surface area contributed by atoms with E-state index in [4.69, 9.17) is 0 Å². The third-order valence-electron chi connectivity index (χ3n) is 3.13. The van der Waals surface area contributed by atoms with E-state index < -0.39 is 0 Å². The molecule has 0 spiro atoms. The zero-order chi connectivity index (χ0) is 11.0. The van der Waals surface area contributed by atoms with Crippen LogP contribution in [0.5, 0.6) is 0 Å². The van der Waals surface area contributed by atoms with Crippen molar-refractivity contribution in [2.45, 2.75) is 19.9 Å². The molecule has 0 radical (unpaired) electrons. The summed E-state index contributed by atoms with van der Waals surface area (Å²) in [5, 5.41) is 3.11. The van der Waals surface area contributed by atoms with Crippen molar-refractivity contribution < 1.29 is 4.79 Å². The van der Waals surface area contributed by atoms with Crippen molar-refractivity contribution in [1.29, 1.82) is 0 Å². The summed E-state index contributed by atoms with van der Waals surface area (Å²) in [4.78, 5) is 13.5. The summed E-state index contributed by atoms with van der Waals surface area (Å²) >= 11 is 0. The van der Waals surface area contributed by atoms with Gasteiger partial charge in [0.2, 0.25) is 5.91 Å². The molecule has 0 bridgehead atoms. The Bertz CT molecular complexity index is 379. The van der Waals surface area contributed by atoms with Crippen LogP contribution in [0.25, 0.3) is 0 Å². The van der Waals surface area contributed by atoms with E-state index in [1.807, 2.05) is 26.4 Å². The van der Waals surface area contributed by atoms with E-state index >= 15 is 0 Å². The van der Waals surface area contributed by atoms with Gasteiger partial charge in [0.15, 0.2) is 0 Å². The smallest absolute Gasteiger partial charge is 0.249 e. The molecule has 2 aliphatic heterocycles. The monoisotopic (exact) mass is 204 g/mol. The quantitative estimate of drug-likeness (QED) is 0.700. The summed E-state index contributed by atoms with van der Waals surface area (Å²) in [6.07, 6.45) is 7.96. The number of nitrogens with one attached hydrogen (secondary N) is 1. The molecule has 0 aromatic carbocycles. The molecule has 0 saturated heterocycles. The Labute approximate surface area is 90.1 Å². The molecule has 3 nitrogen and oxygen atoms in total. The minimum atomic E-state index is -0.107. The molecule has 0 fully saturated rings. The first-order valence-corrected chi connectivity index (χ1v) is 5.19. The minimum Gasteiger partial charge on any atom is -0.379 e. The number of carbonyl (C=O) groups excluding carboxylic acids is 1. The number of carbonyl (C=O) groups is 1. The van der Waals surface area contributed by atoms with Crippen molar-refractivity contribution in [2.75, 3.05) is 7.05 Å². The fourth-order valence-corrected chi connectivity index (χ4v) is 2.09. The van der Waals surface area contributed by atoms with E-state index in [2.05, 4.69) is 24.4 Å². The first-order valence-electron chi connectivity index (χ1n) is 5.19. The number of nitrogens with zero attached hydrogens (tertiary/aromatic N) is 1. The lowest BCUT2D eigenvalue weighted by Crippen LogP contribution is -2.46. The zero-order valence-corrected chi connectivity index (χ0v) is 9.32. The summed E-state index contributed by atoms with van der Waals surface area (Å²) in [6.45, 7) is 4.10. The number of allylic oxidation sites excluding steroid dienone is 2. The standard InChI is InChI=1S/C12H16N2O/c1-4-8(2)10-7-14(3)12(15)11-9(10)5-6-13-11/h4-7,9,11,13H,1-3H3/b8-4+. The Hall–Kier alpha value is -1.51. The van der Waals surface area contributed by atoms with Gasteiger partial charge in [0.1, 0.15) is 6.04 Å². The maximum Gasteiger partial charge on any atom is 0.249 e. The van der Waals surface area contributed by atoms with Crippen molar-refractivity contribution in [3.63, 3.8) is 0 Å². The fourth-order valence-electron chi connectivity index (χ4n) is 2.09. The van der Waals surface area contributed by atoms with Crippen LogP contribution >= 0.6 is 0 Å². The third kappa shape index (κ3) is 1.48. The Balaban J connectivity index is 2.41. The highest BCUT2D eigenvalue weighted by Crippen LogP contribution is 2.31. The average molecular weight is 204 g/mol. The van der Waals surface area contributed by atoms with Crippen LogP contribution in [0.15, 0.2) is 35.7 Å². The Morgan fingerprint density at radius 2 is 2.33 bits per heavy atom. The number of fused-ring (bicyclic) bond motifs is 1. The molecule has 2 atom stereocenters. The lowest BCUT2D eigenvalue weighted by molar-refractivity contribution is -0.130. The fraction of sp³-hybridized carbons (Fsp3) is 0.417. The van der Waals surface area contributed by atoms with Crippen LogP contribution in [0.2, 0.25) is 0 Å². The first-order chi connectivity index (χ1) is 7.15. The molecule has 0 aromatic heterocycles. The molecular formula is C12H16N2O. The van der Waals surface area contributed by atoms with Crippen LogP contribution in [0.1, 0.15) is 13.8 Å². The molecule has 80 valence electrons. The molecule has 2 rings (SSSR count). The van der Waals surface area contributed by atoms with Gasteiger partial charge in [0.25, 0.3) is 0 Å². The Kier molecular flexibility index (Phi) is 2.39. The van der Waals surface area contributed by atoms with Crippen LogP contribution in [0.4, 0.5) is 0 Å². The highest BCUT2D eigenvalue weighted by atomic mass is 16.2. The second-order valence-electron chi connectivity index (χ2n) is 4.03. The molecule has 15 heavy (non-hydrogen) atoms. The van der Waals surface area contributed by atoms with Crippen molar-refractivity contribution in [3.05, 3.63) is 35.7 Å². The average Bonchev–Trinajstić information content (AvgIpc) is 2.71. The lowest BCUT2D eigenvalue weighted by atomic mass is 9.86. The van der Waals surface area contributed by atoms with Crippen LogP contribution in [-0.2, 0) is 4.79 Å². The summed E-state index contributed by atoms with van der Waals surface area (Å²) in [7, 11) is 1.81. The van der Waals surface area contributed by atoms with Crippen molar-refractivity contribution in [2.24, 2.45) is 5.92 Å². The topological polar surface area (TPSA) is 32.3 Å². The second kappa shape index (κ2) is 3.57. The number of rotatable bonds is 1. The number of hydrogen-bond acceptors (Lipinski definition) is 2.